The monoisotopic (exact) mass is 413 g/mol. The summed E-state index contributed by atoms with van der Waals surface area (Å²) in [7, 11) is 0. The Balaban J connectivity index is 1.77. The minimum absolute atomic E-state index is 0.0140. The van der Waals surface area contributed by atoms with Gasteiger partial charge in [-0.2, -0.15) is 0 Å². The molecule has 3 heterocycles. The number of fused-ring (bicyclic) bond motifs is 3. The van der Waals surface area contributed by atoms with Gasteiger partial charge in [-0.15, -0.1) is 0 Å². The van der Waals surface area contributed by atoms with Crippen LogP contribution in [-0.4, -0.2) is 53.1 Å². The van der Waals surface area contributed by atoms with E-state index in [0.717, 1.165) is 11.3 Å². The molecule has 4 rings (SSSR count). The summed E-state index contributed by atoms with van der Waals surface area (Å²) < 4.78 is 0. The number of aliphatic imine (C=N–C) groups is 1. The number of benzene rings is 1. The second-order valence-corrected chi connectivity index (χ2v) is 8.56. The van der Waals surface area contributed by atoms with Crippen molar-refractivity contribution in [3.63, 3.8) is 0 Å². The van der Waals surface area contributed by atoms with E-state index in [1.165, 1.54) is 0 Å². The molecule has 0 aliphatic carbocycles. The topological polar surface area (TPSA) is 81.1 Å². The summed E-state index contributed by atoms with van der Waals surface area (Å²) in [5.41, 5.74) is 3.03. The van der Waals surface area contributed by atoms with E-state index in [0.29, 0.717) is 48.4 Å². The van der Waals surface area contributed by atoms with Crippen LogP contribution in [-0.2, 0) is 6.54 Å². The molecule has 7 nitrogen and oxygen atoms in total. The van der Waals surface area contributed by atoms with E-state index in [2.05, 4.69) is 24.1 Å². The Morgan fingerprint density at radius 1 is 1.28 bits per heavy atom. The van der Waals surface area contributed by atoms with E-state index in [4.69, 9.17) is 21.7 Å². The molecule has 0 fully saturated rings. The van der Waals surface area contributed by atoms with E-state index < -0.39 is 0 Å². The highest BCUT2D eigenvalue weighted by Crippen LogP contribution is 2.35. The number of anilines is 2. The molecule has 0 atom stereocenters. The molecule has 8 heteroatoms. The molecule has 2 aliphatic heterocycles. The predicted octanol–water partition coefficient (Wildman–Crippen LogP) is 3.37. The standard InChI is InChI=1S/C21H24ClN5O2/c1-21(2)12-25-19-18-17(9-16(10-24-18)23-7-8-28)26(20(29)27(19)13-21)11-14-3-5-15(22)6-4-14/h3-6,9-10,23,28H,7-8,11-13H2,1-2H3. The molecular formula is C21H24ClN5O2. The molecule has 0 spiro atoms. The maximum atomic E-state index is 13.5. The van der Waals surface area contributed by atoms with Crippen LogP contribution in [0, 0.1) is 5.41 Å². The first-order valence-corrected chi connectivity index (χ1v) is 9.99. The third kappa shape index (κ3) is 3.93. The average molecular weight is 414 g/mol. The minimum atomic E-state index is -0.111. The summed E-state index contributed by atoms with van der Waals surface area (Å²) in [6.45, 7) is 6.28. The first-order chi connectivity index (χ1) is 13.9. The third-order valence-electron chi connectivity index (χ3n) is 5.03. The van der Waals surface area contributed by atoms with Gasteiger partial charge in [0.1, 0.15) is 5.69 Å². The Morgan fingerprint density at radius 2 is 2.03 bits per heavy atom. The fourth-order valence-electron chi connectivity index (χ4n) is 3.59. The molecule has 2 aliphatic rings. The van der Waals surface area contributed by atoms with Crippen LogP contribution in [0.1, 0.15) is 25.1 Å². The number of hydrogen-bond donors (Lipinski definition) is 2. The number of amides is 2. The molecule has 29 heavy (non-hydrogen) atoms. The van der Waals surface area contributed by atoms with Crippen molar-refractivity contribution in [1.82, 2.24) is 9.88 Å². The van der Waals surface area contributed by atoms with Crippen LogP contribution >= 0.6 is 11.6 Å². The lowest BCUT2D eigenvalue weighted by atomic mass is 9.90. The lowest BCUT2D eigenvalue weighted by Gasteiger charge is -2.43. The van der Waals surface area contributed by atoms with Crippen LogP contribution in [0.15, 0.2) is 41.5 Å². The number of nitrogens with zero attached hydrogens (tertiary/aromatic N) is 4. The van der Waals surface area contributed by atoms with Gasteiger partial charge in [-0.1, -0.05) is 37.6 Å². The summed E-state index contributed by atoms with van der Waals surface area (Å²) in [5.74, 6) is 0.630. The maximum absolute atomic E-state index is 13.5. The number of urea groups is 1. The van der Waals surface area contributed by atoms with Crippen molar-refractivity contribution in [2.24, 2.45) is 10.4 Å². The number of aliphatic hydroxyl groups is 1. The minimum Gasteiger partial charge on any atom is -0.395 e. The lowest BCUT2D eigenvalue weighted by Crippen LogP contribution is -2.56. The molecule has 0 saturated heterocycles. The molecular weight excluding hydrogens is 390 g/mol. The first kappa shape index (κ1) is 19.7. The average Bonchev–Trinajstić information content (AvgIpc) is 2.70. The molecule has 2 amide bonds. The number of carbonyl (C=O) groups is 1. The van der Waals surface area contributed by atoms with Gasteiger partial charge < -0.3 is 10.4 Å². The second kappa shape index (κ2) is 7.65. The van der Waals surface area contributed by atoms with E-state index in [1.807, 2.05) is 30.3 Å². The molecule has 0 unspecified atom stereocenters. The fourth-order valence-corrected chi connectivity index (χ4v) is 3.72. The molecule has 152 valence electrons. The Morgan fingerprint density at radius 3 is 2.76 bits per heavy atom. The van der Waals surface area contributed by atoms with Crippen molar-refractivity contribution in [1.29, 1.82) is 0 Å². The maximum Gasteiger partial charge on any atom is 0.330 e. The molecule has 1 aromatic heterocycles. The van der Waals surface area contributed by atoms with Gasteiger partial charge in [-0.05, 0) is 23.8 Å². The zero-order valence-corrected chi connectivity index (χ0v) is 17.3. The summed E-state index contributed by atoms with van der Waals surface area (Å²) in [6.07, 6.45) is 1.71. The van der Waals surface area contributed by atoms with Crippen molar-refractivity contribution >= 4 is 34.8 Å². The summed E-state index contributed by atoms with van der Waals surface area (Å²) >= 11 is 6.01. The zero-order chi connectivity index (χ0) is 20.6. The molecule has 2 N–H and O–H groups in total. The Bertz CT molecular complexity index is 958. The highest BCUT2D eigenvalue weighted by atomic mass is 35.5. The van der Waals surface area contributed by atoms with Crippen LogP contribution < -0.4 is 10.2 Å². The normalized spacial score (nSPS) is 17.5. The van der Waals surface area contributed by atoms with Crippen molar-refractivity contribution < 1.29 is 9.90 Å². The smallest absolute Gasteiger partial charge is 0.330 e. The number of pyridine rings is 1. The van der Waals surface area contributed by atoms with Gasteiger partial charge in [0.05, 0.1) is 30.7 Å². The summed E-state index contributed by atoms with van der Waals surface area (Å²) in [6, 6.07) is 9.26. The van der Waals surface area contributed by atoms with Crippen LogP contribution in [0.25, 0.3) is 0 Å². The van der Waals surface area contributed by atoms with Crippen molar-refractivity contribution in [3.8, 4) is 0 Å². The number of nitrogens with one attached hydrogen (secondary N) is 1. The van der Waals surface area contributed by atoms with Crippen molar-refractivity contribution in [2.45, 2.75) is 20.4 Å². The number of aliphatic hydroxyl groups excluding tert-OH is 1. The van der Waals surface area contributed by atoms with E-state index >= 15 is 0 Å². The number of rotatable bonds is 5. The lowest BCUT2D eigenvalue weighted by molar-refractivity contribution is 0.200. The van der Waals surface area contributed by atoms with Crippen molar-refractivity contribution in [3.05, 3.63) is 52.8 Å². The third-order valence-corrected chi connectivity index (χ3v) is 5.28. The van der Waals surface area contributed by atoms with E-state index in [9.17, 15) is 4.79 Å². The van der Waals surface area contributed by atoms with E-state index in [-0.39, 0.29) is 18.1 Å². The molecule has 0 bridgehead atoms. The highest BCUT2D eigenvalue weighted by molar-refractivity contribution is 6.30. The Labute approximate surface area is 175 Å². The number of halogens is 1. The van der Waals surface area contributed by atoms with E-state index in [1.54, 1.807) is 16.0 Å². The molecule has 0 saturated carbocycles. The van der Waals surface area contributed by atoms with Gasteiger partial charge in [-0.25, -0.2) is 9.78 Å². The Kier molecular flexibility index (Phi) is 5.19. The van der Waals surface area contributed by atoms with Gasteiger partial charge in [0.15, 0.2) is 5.84 Å². The Hall–Kier alpha value is -2.64. The van der Waals surface area contributed by atoms with Gasteiger partial charge in [0, 0.05) is 30.1 Å². The highest BCUT2D eigenvalue weighted by Gasteiger charge is 2.41. The van der Waals surface area contributed by atoms with Gasteiger partial charge in [0.2, 0.25) is 0 Å². The number of amidine groups is 1. The predicted molar refractivity (Wildman–Crippen MR) is 115 cm³/mol. The largest absolute Gasteiger partial charge is 0.395 e. The van der Waals surface area contributed by atoms with Gasteiger partial charge in [-0.3, -0.25) is 14.8 Å². The van der Waals surface area contributed by atoms with Crippen LogP contribution in [0.2, 0.25) is 5.02 Å². The zero-order valence-electron chi connectivity index (χ0n) is 16.5. The summed E-state index contributed by atoms with van der Waals surface area (Å²) in [5, 5.41) is 12.9. The SMILES string of the molecule is CC1(C)CN=C2c3ncc(NCCO)cc3N(Cc3ccc(Cl)cc3)C(=O)N2C1. The molecule has 2 aromatic rings. The summed E-state index contributed by atoms with van der Waals surface area (Å²) in [4.78, 5) is 26.2. The first-order valence-electron chi connectivity index (χ1n) is 9.61. The van der Waals surface area contributed by atoms with Gasteiger partial charge >= 0.3 is 6.03 Å². The van der Waals surface area contributed by atoms with Crippen LogP contribution in [0.5, 0.6) is 0 Å². The van der Waals surface area contributed by atoms with Crippen molar-refractivity contribution in [2.75, 3.05) is 36.5 Å². The quantitative estimate of drug-likeness (QED) is 0.787. The number of hydrogen-bond acceptors (Lipinski definition) is 5. The fraction of sp³-hybridized carbons (Fsp3) is 0.381. The molecule has 0 radical (unpaired) electrons. The number of carbonyl (C=O) groups excluding carboxylic acids is 1. The van der Waals surface area contributed by atoms with Gasteiger partial charge in [0.25, 0.3) is 0 Å². The number of aromatic nitrogens is 1. The second-order valence-electron chi connectivity index (χ2n) is 8.13. The molecule has 1 aromatic carbocycles. The van der Waals surface area contributed by atoms with Crippen LogP contribution in [0.3, 0.4) is 0 Å². The van der Waals surface area contributed by atoms with Crippen LogP contribution in [0.4, 0.5) is 16.2 Å².